The molecule has 0 aromatic heterocycles. The molecule has 0 bridgehead atoms. The predicted molar refractivity (Wildman–Crippen MR) is 101 cm³/mol. The summed E-state index contributed by atoms with van der Waals surface area (Å²) in [5.41, 5.74) is 0.430. The van der Waals surface area contributed by atoms with Gasteiger partial charge >= 0.3 is 0 Å². The van der Waals surface area contributed by atoms with E-state index in [4.69, 9.17) is 14.2 Å². The van der Waals surface area contributed by atoms with Crippen LogP contribution in [-0.4, -0.2) is 76.9 Å². The molecule has 8 heteroatoms. The second kappa shape index (κ2) is 10.7. The summed E-state index contributed by atoms with van der Waals surface area (Å²) in [5, 5.41) is 6.07. The predicted octanol–water partition coefficient (Wildman–Crippen LogP) is 0.661. The largest absolute Gasteiger partial charge is 0.497 e. The van der Waals surface area contributed by atoms with Crippen LogP contribution in [0.2, 0.25) is 0 Å². The quantitative estimate of drug-likeness (QED) is 0.581. The lowest BCUT2D eigenvalue weighted by Crippen LogP contribution is -2.47. The normalized spacial score (nSPS) is 16.3. The molecule has 1 aliphatic rings. The molecule has 0 spiro atoms. The fourth-order valence-electron chi connectivity index (χ4n) is 3.10. The van der Waals surface area contributed by atoms with Crippen LogP contribution in [0.15, 0.2) is 18.2 Å². The summed E-state index contributed by atoms with van der Waals surface area (Å²) in [7, 11) is 4.71. The number of hydrogen-bond donors (Lipinski definition) is 2. The Morgan fingerprint density at radius 1 is 1.15 bits per heavy atom. The molecule has 1 unspecified atom stereocenters. The number of hydrogen-bond acceptors (Lipinski definition) is 6. The highest BCUT2D eigenvalue weighted by atomic mass is 16.5. The molecular formula is C19H29N3O5. The average Bonchev–Trinajstić information content (AvgIpc) is 3.19. The minimum Gasteiger partial charge on any atom is -0.497 e. The van der Waals surface area contributed by atoms with E-state index in [1.54, 1.807) is 37.3 Å². The van der Waals surface area contributed by atoms with Crippen LogP contribution in [0.1, 0.15) is 23.2 Å². The van der Waals surface area contributed by atoms with Crippen LogP contribution in [-0.2, 0) is 9.53 Å². The van der Waals surface area contributed by atoms with Crippen molar-refractivity contribution in [2.24, 2.45) is 0 Å². The first kappa shape index (κ1) is 21.0. The van der Waals surface area contributed by atoms with Gasteiger partial charge in [0.05, 0.1) is 26.4 Å². The van der Waals surface area contributed by atoms with Crippen molar-refractivity contribution in [3.63, 3.8) is 0 Å². The number of carbonyl (C=O) groups excluding carboxylic acids is 2. The number of benzene rings is 1. The Bertz CT molecular complexity index is 638. The summed E-state index contributed by atoms with van der Waals surface area (Å²) in [4.78, 5) is 27.1. The third-order valence-electron chi connectivity index (χ3n) is 4.54. The number of ether oxygens (including phenoxy) is 3. The molecule has 1 saturated heterocycles. The van der Waals surface area contributed by atoms with Crippen molar-refractivity contribution >= 4 is 11.8 Å². The Hall–Kier alpha value is -2.32. The molecule has 1 aromatic carbocycles. The summed E-state index contributed by atoms with van der Waals surface area (Å²) < 4.78 is 15.5. The highest BCUT2D eigenvalue weighted by Gasteiger charge is 2.35. The number of methoxy groups -OCH3 is 3. The van der Waals surface area contributed by atoms with E-state index in [0.29, 0.717) is 49.7 Å². The zero-order valence-electron chi connectivity index (χ0n) is 16.2. The summed E-state index contributed by atoms with van der Waals surface area (Å²) in [6, 6.07) is 4.60. The van der Waals surface area contributed by atoms with Crippen LogP contribution in [0.3, 0.4) is 0 Å². The van der Waals surface area contributed by atoms with E-state index in [-0.39, 0.29) is 11.8 Å². The minimum absolute atomic E-state index is 0.123. The fourth-order valence-corrected chi connectivity index (χ4v) is 3.10. The summed E-state index contributed by atoms with van der Waals surface area (Å²) in [6.45, 7) is 3.08. The first-order valence-corrected chi connectivity index (χ1v) is 9.12. The van der Waals surface area contributed by atoms with Crippen molar-refractivity contribution in [3.8, 4) is 11.5 Å². The van der Waals surface area contributed by atoms with E-state index in [9.17, 15) is 9.59 Å². The van der Waals surface area contributed by atoms with Crippen LogP contribution >= 0.6 is 0 Å². The molecule has 2 amide bonds. The Labute approximate surface area is 160 Å². The summed E-state index contributed by atoms with van der Waals surface area (Å²) in [5.74, 6) is 0.722. The number of amides is 2. The number of carbonyl (C=O) groups is 2. The Balaban J connectivity index is 1.96. The second-order valence-electron chi connectivity index (χ2n) is 6.26. The monoisotopic (exact) mass is 379 g/mol. The molecule has 1 aromatic rings. The molecule has 0 radical (unpaired) electrons. The van der Waals surface area contributed by atoms with Crippen molar-refractivity contribution in [2.75, 3.05) is 54.1 Å². The van der Waals surface area contributed by atoms with E-state index in [1.165, 1.54) is 7.11 Å². The van der Waals surface area contributed by atoms with Gasteiger partial charge in [0.15, 0.2) is 0 Å². The highest BCUT2D eigenvalue weighted by Crippen LogP contribution is 2.28. The lowest BCUT2D eigenvalue weighted by molar-refractivity contribution is -0.124. The van der Waals surface area contributed by atoms with Crippen molar-refractivity contribution in [1.82, 2.24) is 15.5 Å². The average molecular weight is 379 g/mol. The molecular weight excluding hydrogens is 350 g/mol. The van der Waals surface area contributed by atoms with Gasteiger partial charge in [0.25, 0.3) is 5.91 Å². The van der Waals surface area contributed by atoms with Crippen molar-refractivity contribution < 1.29 is 23.8 Å². The molecule has 2 N–H and O–H groups in total. The van der Waals surface area contributed by atoms with Crippen molar-refractivity contribution in [2.45, 2.75) is 18.9 Å². The van der Waals surface area contributed by atoms with Crippen molar-refractivity contribution in [1.29, 1.82) is 0 Å². The van der Waals surface area contributed by atoms with Gasteiger partial charge in [-0.25, -0.2) is 0 Å². The maximum atomic E-state index is 13.0. The van der Waals surface area contributed by atoms with Gasteiger partial charge in [-0.1, -0.05) is 0 Å². The molecule has 1 atom stereocenters. The fraction of sp³-hybridized carbons (Fsp3) is 0.579. The molecule has 0 aliphatic carbocycles. The van der Waals surface area contributed by atoms with E-state index < -0.39 is 6.04 Å². The van der Waals surface area contributed by atoms with Gasteiger partial charge in [-0.05, 0) is 25.0 Å². The van der Waals surface area contributed by atoms with Gasteiger partial charge in [0, 0.05) is 39.4 Å². The zero-order valence-corrected chi connectivity index (χ0v) is 16.2. The molecule has 1 aliphatic heterocycles. The number of nitrogens with one attached hydrogen (secondary N) is 2. The Morgan fingerprint density at radius 2 is 1.96 bits per heavy atom. The first-order valence-electron chi connectivity index (χ1n) is 9.12. The summed E-state index contributed by atoms with van der Waals surface area (Å²) in [6.07, 6.45) is 1.46. The van der Waals surface area contributed by atoms with Crippen molar-refractivity contribution in [3.05, 3.63) is 23.8 Å². The third kappa shape index (κ3) is 5.58. The smallest absolute Gasteiger partial charge is 0.258 e. The van der Waals surface area contributed by atoms with Crippen LogP contribution in [0.4, 0.5) is 0 Å². The highest BCUT2D eigenvalue weighted by molar-refractivity contribution is 6.00. The zero-order chi connectivity index (χ0) is 19.6. The summed E-state index contributed by atoms with van der Waals surface area (Å²) >= 11 is 0. The lowest BCUT2D eigenvalue weighted by atomic mass is 10.1. The molecule has 2 rings (SSSR count). The standard InChI is InChI=1S/C19H29N3O5/c1-25-12-10-20-8-9-21-18(23)16-5-4-11-22(16)19(24)15-7-6-14(26-2)13-17(15)27-3/h6-7,13,16,20H,4-5,8-12H2,1-3H3,(H,21,23). The van der Waals surface area contributed by atoms with E-state index >= 15 is 0 Å². The molecule has 8 nitrogen and oxygen atoms in total. The van der Waals surface area contributed by atoms with Gasteiger partial charge in [-0.3, -0.25) is 9.59 Å². The maximum Gasteiger partial charge on any atom is 0.258 e. The van der Waals surface area contributed by atoms with Crippen LogP contribution in [0.5, 0.6) is 11.5 Å². The SMILES string of the molecule is COCCNCCNC(=O)C1CCCN1C(=O)c1ccc(OC)cc1OC. The molecule has 0 saturated carbocycles. The molecule has 150 valence electrons. The topological polar surface area (TPSA) is 89.1 Å². The Kier molecular flexibility index (Phi) is 8.35. The van der Waals surface area contributed by atoms with E-state index in [0.717, 1.165) is 13.0 Å². The number of likely N-dealkylation sites (tertiary alicyclic amines) is 1. The van der Waals surface area contributed by atoms with Gasteiger partial charge in [-0.15, -0.1) is 0 Å². The van der Waals surface area contributed by atoms with Gasteiger partial charge in [-0.2, -0.15) is 0 Å². The second-order valence-corrected chi connectivity index (χ2v) is 6.26. The minimum atomic E-state index is -0.455. The van der Waals surface area contributed by atoms with Gasteiger partial charge < -0.3 is 29.7 Å². The van der Waals surface area contributed by atoms with Gasteiger partial charge in [0.2, 0.25) is 5.91 Å². The first-order chi connectivity index (χ1) is 13.1. The lowest BCUT2D eigenvalue weighted by Gasteiger charge is -2.25. The number of rotatable bonds is 10. The van der Waals surface area contributed by atoms with Crippen LogP contribution in [0, 0.1) is 0 Å². The maximum absolute atomic E-state index is 13.0. The third-order valence-corrected chi connectivity index (χ3v) is 4.54. The van der Waals surface area contributed by atoms with Gasteiger partial charge in [0.1, 0.15) is 17.5 Å². The molecule has 1 fully saturated rings. The Morgan fingerprint density at radius 3 is 2.67 bits per heavy atom. The molecule has 27 heavy (non-hydrogen) atoms. The van der Waals surface area contributed by atoms with E-state index in [2.05, 4.69) is 10.6 Å². The number of nitrogens with zero attached hydrogens (tertiary/aromatic N) is 1. The molecule has 1 heterocycles. The van der Waals surface area contributed by atoms with E-state index in [1.807, 2.05) is 0 Å². The van der Waals surface area contributed by atoms with Crippen LogP contribution < -0.4 is 20.1 Å². The van der Waals surface area contributed by atoms with Crippen LogP contribution in [0.25, 0.3) is 0 Å².